The van der Waals surface area contributed by atoms with Crippen molar-refractivity contribution in [3.05, 3.63) is 65.9 Å². The molecule has 0 bridgehead atoms. The lowest BCUT2D eigenvalue weighted by Gasteiger charge is -2.28. The maximum Gasteiger partial charge on any atom is 0.229 e. The van der Waals surface area contributed by atoms with Gasteiger partial charge in [0.05, 0.1) is 29.8 Å². The molecule has 0 spiro atoms. The van der Waals surface area contributed by atoms with E-state index < -0.39 is 15.1 Å². The van der Waals surface area contributed by atoms with Crippen LogP contribution >= 0.6 is 0 Å². The molecule has 1 fully saturated rings. The van der Waals surface area contributed by atoms with Crippen LogP contribution in [-0.4, -0.2) is 55.8 Å². The van der Waals surface area contributed by atoms with E-state index in [0.29, 0.717) is 24.8 Å². The third-order valence-corrected chi connectivity index (χ3v) is 8.01. The molecular formula is C26H31N5O4S. The number of nitrogens with one attached hydrogen (secondary N) is 2. The topological polar surface area (TPSA) is 114 Å². The molecule has 0 radical (unpaired) electrons. The van der Waals surface area contributed by atoms with Gasteiger partial charge in [-0.25, -0.2) is 13.4 Å². The highest BCUT2D eigenvalue weighted by Crippen LogP contribution is 2.21. The second-order valence-electron chi connectivity index (χ2n) is 8.96. The van der Waals surface area contributed by atoms with Crippen molar-refractivity contribution >= 4 is 38.9 Å². The van der Waals surface area contributed by atoms with Gasteiger partial charge in [-0.2, -0.15) is 4.98 Å². The number of benzene rings is 2. The Kier molecular flexibility index (Phi) is 7.85. The molecule has 2 aromatic carbocycles. The highest BCUT2D eigenvalue weighted by atomic mass is 32.2. The van der Waals surface area contributed by atoms with Crippen LogP contribution in [0.25, 0.3) is 0 Å². The van der Waals surface area contributed by atoms with Crippen molar-refractivity contribution in [1.82, 2.24) is 9.97 Å². The fourth-order valence-corrected chi connectivity index (χ4v) is 4.85. The Bertz CT molecular complexity index is 1300. The first-order valence-corrected chi connectivity index (χ1v) is 13.4. The molecule has 1 amide bonds. The van der Waals surface area contributed by atoms with E-state index in [1.165, 1.54) is 0 Å². The van der Waals surface area contributed by atoms with Gasteiger partial charge in [-0.05, 0) is 62.7 Å². The van der Waals surface area contributed by atoms with E-state index in [0.717, 1.165) is 35.9 Å². The Morgan fingerprint density at radius 1 is 1.00 bits per heavy atom. The summed E-state index contributed by atoms with van der Waals surface area (Å²) in [4.78, 5) is 24.1. The van der Waals surface area contributed by atoms with Gasteiger partial charge in [-0.3, -0.25) is 4.79 Å². The molecule has 0 aliphatic carbocycles. The SMILES string of the molecule is Cc1cc(N2CCOCC2)nc(Nc2ccc(NC(=O)Cc3ccc(S(=O)(=O)C(C)C)cc3)cc2)n1. The minimum Gasteiger partial charge on any atom is -0.378 e. The van der Waals surface area contributed by atoms with Crippen molar-refractivity contribution in [2.75, 3.05) is 41.8 Å². The number of carbonyl (C=O) groups is 1. The quantitative estimate of drug-likeness (QED) is 0.472. The lowest BCUT2D eigenvalue weighted by Crippen LogP contribution is -2.36. The molecule has 0 unspecified atom stereocenters. The zero-order chi connectivity index (χ0) is 25.7. The van der Waals surface area contributed by atoms with E-state index >= 15 is 0 Å². The van der Waals surface area contributed by atoms with E-state index in [1.807, 2.05) is 25.1 Å². The largest absolute Gasteiger partial charge is 0.378 e. The van der Waals surface area contributed by atoms with E-state index in [1.54, 1.807) is 50.2 Å². The maximum absolute atomic E-state index is 12.5. The second-order valence-corrected chi connectivity index (χ2v) is 11.5. The fraction of sp³-hybridized carbons (Fsp3) is 0.346. The smallest absolute Gasteiger partial charge is 0.229 e. The van der Waals surface area contributed by atoms with Gasteiger partial charge in [0.15, 0.2) is 9.84 Å². The number of carbonyl (C=O) groups excluding carboxylic acids is 1. The van der Waals surface area contributed by atoms with Crippen LogP contribution in [0.3, 0.4) is 0 Å². The summed E-state index contributed by atoms with van der Waals surface area (Å²) in [5.41, 5.74) is 3.06. The molecule has 36 heavy (non-hydrogen) atoms. The van der Waals surface area contributed by atoms with Crippen LogP contribution in [0.15, 0.2) is 59.5 Å². The molecule has 0 saturated carbocycles. The molecule has 1 aliphatic heterocycles. The van der Waals surface area contributed by atoms with Crippen LogP contribution in [0, 0.1) is 6.92 Å². The Morgan fingerprint density at radius 3 is 2.28 bits per heavy atom. The molecule has 2 N–H and O–H groups in total. The molecule has 1 aromatic heterocycles. The van der Waals surface area contributed by atoms with E-state index in [9.17, 15) is 13.2 Å². The monoisotopic (exact) mass is 509 g/mol. The minimum atomic E-state index is -3.33. The molecule has 9 nitrogen and oxygen atoms in total. The number of amides is 1. The lowest BCUT2D eigenvalue weighted by molar-refractivity contribution is -0.115. The average molecular weight is 510 g/mol. The predicted octanol–water partition coefficient (Wildman–Crippen LogP) is 3.73. The molecule has 0 atom stereocenters. The van der Waals surface area contributed by atoms with Gasteiger partial charge in [0.1, 0.15) is 5.82 Å². The van der Waals surface area contributed by atoms with Crippen molar-refractivity contribution in [2.45, 2.75) is 37.3 Å². The van der Waals surface area contributed by atoms with Crippen molar-refractivity contribution in [3.8, 4) is 0 Å². The number of nitrogens with zero attached hydrogens (tertiary/aromatic N) is 3. The number of hydrogen-bond donors (Lipinski definition) is 2. The van der Waals surface area contributed by atoms with E-state index in [-0.39, 0.29) is 17.2 Å². The van der Waals surface area contributed by atoms with Crippen LogP contribution in [0.5, 0.6) is 0 Å². The van der Waals surface area contributed by atoms with Gasteiger partial charge in [-0.1, -0.05) is 12.1 Å². The summed E-state index contributed by atoms with van der Waals surface area (Å²) in [5, 5.41) is 5.61. The molecule has 1 saturated heterocycles. The Balaban J connectivity index is 1.35. The summed E-state index contributed by atoms with van der Waals surface area (Å²) in [6.45, 7) is 8.19. The Hall–Kier alpha value is -3.50. The normalized spacial score (nSPS) is 14.1. The molecule has 2 heterocycles. The molecule has 190 valence electrons. The summed E-state index contributed by atoms with van der Waals surface area (Å²) in [5.74, 6) is 1.19. The first-order valence-electron chi connectivity index (χ1n) is 11.9. The highest BCUT2D eigenvalue weighted by Gasteiger charge is 2.19. The standard InChI is InChI=1S/C26H31N5O4S/c1-18(2)36(33,34)23-10-4-20(5-11-23)17-25(32)28-21-6-8-22(9-7-21)29-26-27-19(3)16-24(30-26)31-12-14-35-15-13-31/h4-11,16,18H,12-15,17H2,1-3H3,(H,28,32)(H,27,29,30). The van der Waals surface area contributed by atoms with Gasteiger partial charge in [-0.15, -0.1) is 0 Å². The van der Waals surface area contributed by atoms with E-state index in [4.69, 9.17) is 4.74 Å². The lowest BCUT2D eigenvalue weighted by atomic mass is 10.1. The number of rotatable bonds is 8. The van der Waals surface area contributed by atoms with Crippen molar-refractivity contribution < 1.29 is 17.9 Å². The predicted molar refractivity (Wildman–Crippen MR) is 141 cm³/mol. The summed E-state index contributed by atoms with van der Waals surface area (Å²) in [6, 6.07) is 15.7. The van der Waals surface area contributed by atoms with Crippen LogP contribution in [-0.2, 0) is 25.8 Å². The summed E-state index contributed by atoms with van der Waals surface area (Å²) < 4.78 is 29.9. The summed E-state index contributed by atoms with van der Waals surface area (Å²) in [7, 11) is -3.33. The number of hydrogen-bond acceptors (Lipinski definition) is 8. The molecule has 1 aliphatic rings. The summed E-state index contributed by atoms with van der Waals surface area (Å²) >= 11 is 0. The van der Waals surface area contributed by atoms with Crippen molar-refractivity contribution in [2.24, 2.45) is 0 Å². The van der Waals surface area contributed by atoms with Crippen LogP contribution in [0.1, 0.15) is 25.1 Å². The highest BCUT2D eigenvalue weighted by molar-refractivity contribution is 7.92. The molecule has 3 aromatic rings. The summed E-state index contributed by atoms with van der Waals surface area (Å²) in [6.07, 6.45) is 0.142. The number of ether oxygens (including phenoxy) is 1. The fourth-order valence-electron chi connectivity index (χ4n) is 3.79. The van der Waals surface area contributed by atoms with Crippen molar-refractivity contribution in [3.63, 3.8) is 0 Å². The zero-order valence-corrected chi connectivity index (χ0v) is 21.5. The third-order valence-electron chi connectivity index (χ3n) is 5.84. The van der Waals surface area contributed by atoms with Crippen LogP contribution in [0.4, 0.5) is 23.1 Å². The maximum atomic E-state index is 12.5. The van der Waals surface area contributed by atoms with Crippen LogP contribution in [0.2, 0.25) is 0 Å². The van der Waals surface area contributed by atoms with Crippen molar-refractivity contribution in [1.29, 1.82) is 0 Å². The number of aromatic nitrogens is 2. The van der Waals surface area contributed by atoms with Crippen LogP contribution < -0.4 is 15.5 Å². The van der Waals surface area contributed by atoms with Gasteiger partial charge in [0.2, 0.25) is 11.9 Å². The minimum absolute atomic E-state index is 0.142. The Morgan fingerprint density at radius 2 is 1.64 bits per heavy atom. The van der Waals surface area contributed by atoms with E-state index in [2.05, 4.69) is 25.5 Å². The molecule has 4 rings (SSSR count). The average Bonchev–Trinajstić information content (AvgIpc) is 2.85. The molecular weight excluding hydrogens is 478 g/mol. The number of sulfone groups is 1. The van der Waals surface area contributed by atoms with Gasteiger partial charge in [0, 0.05) is 36.2 Å². The van der Waals surface area contributed by atoms with Gasteiger partial charge in [0.25, 0.3) is 0 Å². The second kappa shape index (κ2) is 11.0. The van der Waals surface area contributed by atoms with Gasteiger partial charge >= 0.3 is 0 Å². The number of anilines is 4. The Labute approximate surface area is 211 Å². The first kappa shape index (κ1) is 25.6. The first-order chi connectivity index (χ1) is 17.2. The van der Waals surface area contributed by atoms with Gasteiger partial charge < -0.3 is 20.3 Å². The number of aryl methyl sites for hydroxylation is 1. The number of morpholine rings is 1. The zero-order valence-electron chi connectivity index (χ0n) is 20.7. The third kappa shape index (κ3) is 6.38. The molecule has 10 heteroatoms.